The molecule has 0 N–H and O–H groups in total. The fourth-order valence-corrected chi connectivity index (χ4v) is 2.76. The number of nitrogens with zero attached hydrogens (tertiary/aromatic N) is 1. The summed E-state index contributed by atoms with van der Waals surface area (Å²) in [5, 5.41) is 4.61. The number of hydrogen-bond acceptors (Lipinski definition) is 5. The molecule has 3 rings (SSSR count). The maximum Gasteiger partial charge on any atom is 0.165 e. The zero-order valence-electron chi connectivity index (χ0n) is 16.6. The number of ether oxygens (including phenoxy) is 3. The monoisotopic (exact) mass is 429 g/mol. The Morgan fingerprint density at radius 1 is 0.833 bits per heavy atom. The highest BCUT2D eigenvalue weighted by Gasteiger charge is 2.06. The smallest absolute Gasteiger partial charge is 0.165 e. The normalized spacial score (nSPS) is 10.8. The summed E-state index contributed by atoms with van der Waals surface area (Å²) < 4.78 is 29.8. The van der Waals surface area contributed by atoms with Crippen molar-refractivity contribution in [3.63, 3.8) is 0 Å². The van der Waals surface area contributed by atoms with Crippen LogP contribution < -0.4 is 14.2 Å². The molecule has 0 fully saturated rings. The molecule has 0 aliphatic rings. The van der Waals surface area contributed by atoms with E-state index in [0.717, 1.165) is 11.1 Å². The molecule has 0 unspecified atom stereocenters. The van der Waals surface area contributed by atoms with E-state index in [2.05, 4.69) is 5.16 Å². The van der Waals surface area contributed by atoms with E-state index < -0.39 is 5.82 Å². The maximum absolute atomic E-state index is 13.7. The van der Waals surface area contributed by atoms with Gasteiger partial charge in [0.2, 0.25) is 0 Å². The van der Waals surface area contributed by atoms with Gasteiger partial charge in [-0.25, -0.2) is 4.39 Å². The first kappa shape index (κ1) is 21.5. The van der Waals surface area contributed by atoms with Gasteiger partial charge in [-0.1, -0.05) is 35.0 Å². The van der Waals surface area contributed by atoms with Gasteiger partial charge in [0.05, 0.1) is 20.4 Å². The summed E-state index contributed by atoms with van der Waals surface area (Å²) in [4.78, 5) is 5.25. The lowest BCUT2D eigenvalue weighted by Crippen LogP contribution is -1.98. The van der Waals surface area contributed by atoms with Crippen LogP contribution in [0, 0.1) is 5.82 Å². The van der Waals surface area contributed by atoms with Gasteiger partial charge in [-0.15, -0.1) is 0 Å². The van der Waals surface area contributed by atoms with E-state index in [0.29, 0.717) is 28.7 Å². The van der Waals surface area contributed by atoms with Gasteiger partial charge >= 0.3 is 0 Å². The van der Waals surface area contributed by atoms with Gasteiger partial charge in [0.25, 0.3) is 0 Å². The minimum atomic E-state index is -0.443. The molecule has 3 aromatic carbocycles. The lowest BCUT2D eigenvalue weighted by molar-refractivity contribution is 0.132. The van der Waals surface area contributed by atoms with Gasteiger partial charge in [-0.05, 0) is 53.6 Å². The van der Waals surface area contributed by atoms with Crippen molar-refractivity contribution in [1.82, 2.24) is 0 Å². The molecule has 3 aromatic rings. The molecule has 0 aliphatic carbocycles. The second-order valence-electron chi connectivity index (χ2n) is 6.30. The molecule has 0 atom stereocenters. The van der Waals surface area contributed by atoms with Crippen LogP contribution in [0.25, 0.3) is 0 Å². The third kappa shape index (κ3) is 5.87. The Balaban J connectivity index is 1.57. The predicted molar refractivity (Wildman–Crippen MR) is 114 cm³/mol. The van der Waals surface area contributed by atoms with Crippen LogP contribution in [0.1, 0.15) is 16.7 Å². The summed E-state index contributed by atoms with van der Waals surface area (Å²) in [6, 6.07) is 17.5. The number of rotatable bonds is 9. The van der Waals surface area contributed by atoms with Crippen LogP contribution in [0.3, 0.4) is 0 Å². The Morgan fingerprint density at radius 2 is 1.53 bits per heavy atom. The molecular formula is C23H21ClFNO4. The Hall–Kier alpha value is -3.25. The molecule has 156 valence electrons. The average Bonchev–Trinajstić information content (AvgIpc) is 2.76. The summed E-state index contributed by atoms with van der Waals surface area (Å²) in [7, 11) is 2.99. The molecule has 0 saturated carbocycles. The second-order valence-corrected chi connectivity index (χ2v) is 6.74. The Labute approximate surface area is 179 Å². The molecule has 0 aliphatic heterocycles. The van der Waals surface area contributed by atoms with Gasteiger partial charge in [0.1, 0.15) is 13.2 Å². The van der Waals surface area contributed by atoms with Crippen molar-refractivity contribution in [3.8, 4) is 17.2 Å². The van der Waals surface area contributed by atoms with Crippen molar-refractivity contribution in [2.24, 2.45) is 5.16 Å². The summed E-state index contributed by atoms with van der Waals surface area (Å²) in [5.74, 6) is 0.929. The number of methoxy groups -OCH3 is 2. The molecule has 0 bridgehead atoms. The highest BCUT2D eigenvalue weighted by Crippen LogP contribution is 2.28. The highest BCUT2D eigenvalue weighted by atomic mass is 35.5. The molecule has 0 radical (unpaired) electrons. The quantitative estimate of drug-likeness (QED) is 0.327. The minimum absolute atomic E-state index is 0.136. The van der Waals surface area contributed by atoms with Crippen molar-refractivity contribution < 1.29 is 23.4 Å². The van der Waals surface area contributed by atoms with Crippen molar-refractivity contribution >= 4 is 17.8 Å². The maximum atomic E-state index is 13.7. The van der Waals surface area contributed by atoms with Gasteiger partial charge in [0.15, 0.2) is 23.1 Å². The first-order chi connectivity index (χ1) is 14.6. The Morgan fingerprint density at radius 3 is 2.23 bits per heavy atom. The molecule has 5 nitrogen and oxygen atoms in total. The van der Waals surface area contributed by atoms with Crippen LogP contribution in [0.2, 0.25) is 5.02 Å². The molecule has 7 heteroatoms. The van der Waals surface area contributed by atoms with Crippen molar-refractivity contribution in [2.45, 2.75) is 13.2 Å². The fourth-order valence-electron chi connectivity index (χ4n) is 2.64. The molecule has 0 heterocycles. The molecule has 0 spiro atoms. The largest absolute Gasteiger partial charge is 0.494 e. The van der Waals surface area contributed by atoms with E-state index >= 15 is 0 Å². The zero-order valence-corrected chi connectivity index (χ0v) is 17.4. The van der Waals surface area contributed by atoms with E-state index in [9.17, 15) is 4.39 Å². The SMILES string of the molecule is COc1ccc(CO/N=C/c2ccc(OCc3ccc(Cl)cc3)c(OC)c2)cc1F. The van der Waals surface area contributed by atoms with E-state index in [1.54, 1.807) is 37.6 Å². The van der Waals surface area contributed by atoms with E-state index in [4.69, 9.17) is 30.6 Å². The number of hydrogen-bond donors (Lipinski definition) is 0. The lowest BCUT2D eigenvalue weighted by atomic mass is 10.2. The summed E-state index contributed by atoms with van der Waals surface area (Å²) in [6.45, 7) is 0.527. The topological polar surface area (TPSA) is 49.3 Å². The van der Waals surface area contributed by atoms with E-state index in [1.165, 1.54) is 13.2 Å². The van der Waals surface area contributed by atoms with Crippen molar-refractivity contribution in [1.29, 1.82) is 0 Å². The van der Waals surface area contributed by atoms with Gasteiger partial charge in [0, 0.05) is 10.6 Å². The molecule has 0 amide bonds. The zero-order chi connectivity index (χ0) is 21.3. The second kappa shape index (κ2) is 10.5. The highest BCUT2D eigenvalue weighted by molar-refractivity contribution is 6.30. The first-order valence-corrected chi connectivity index (χ1v) is 9.50. The Bertz CT molecular complexity index is 1010. The molecular weight excluding hydrogens is 409 g/mol. The minimum Gasteiger partial charge on any atom is -0.494 e. The number of halogens is 2. The van der Waals surface area contributed by atoms with Gasteiger partial charge in [-0.3, -0.25) is 0 Å². The summed E-state index contributed by atoms with van der Waals surface area (Å²) in [5.41, 5.74) is 2.41. The van der Waals surface area contributed by atoms with Crippen LogP contribution in [-0.2, 0) is 18.1 Å². The Kier molecular flexibility index (Phi) is 7.51. The van der Waals surface area contributed by atoms with E-state index in [-0.39, 0.29) is 12.4 Å². The molecule has 0 aromatic heterocycles. The summed E-state index contributed by atoms with van der Waals surface area (Å²) in [6.07, 6.45) is 1.55. The molecule has 0 saturated heterocycles. The standard InChI is InChI=1S/C23H21ClFNO4/c1-27-21-9-6-18(11-20(21)25)15-30-26-13-17-5-10-22(23(12-17)28-2)29-14-16-3-7-19(24)8-4-16/h3-13H,14-15H2,1-2H3/b26-13+. The predicted octanol–water partition coefficient (Wildman–Crippen LogP) is 5.63. The third-order valence-electron chi connectivity index (χ3n) is 4.22. The van der Waals surface area contributed by atoms with E-state index in [1.807, 2.05) is 30.3 Å². The lowest BCUT2D eigenvalue weighted by Gasteiger charge is -2.11. The van der Waals surface area contributed by atoms with Crippen LogP contribution in [-0.4, -0.2) is 20.4 Å². The van der Waals surface area contributed by atoms with Crippen LogP contribution in [0.5, 0.6) is 17.2 Å². The number of oxime groups is 1. The van der Waals surface area contributed by atoms with Crippen molar-refractivity contribution in [2.75, 3.05) is 14.2 Å². The number of benzene rings is 3. The van der Waals surface area contributed by atoms with Gasteiger partial charge < -0.3 is 19.0 Å². The fraction of sp³-hybridized carbons (Fsp3) is 0.174. The van der Waals surface area contributed by atoms with Crippen LogP contribution in [0.4, 0.5) is 4.39 Å². The average molecular weight is 430 g/mol. The summed E-state index contributed by atoms with van der Waals surface area (Å²) >= 11 is 5.89. The van der Waals surface area contributed by atoms with Crippen molar-refractivity contribution in [3.05, 3.63) is 88.2 Å². The third-order valence-corrected chi connectivity index (χ3v) is 4.47. The van der Waals surface area contributed by atoms with Crippen LogP contribution >= 0.6 is 11.6 Å². The molecule has 30 heavy (non-hydrogen) atoms. The van der Waals surface area contributed by atoms with Crippen LogP contribution in [0.15, 0.2) is 65.8 Å². The first-order valence-electron chi connectivity index (χ1n) is 9.12. The van der Waals surface area contributed by atoms with Gasteiger partial charge in [-0.2, -0.15) is 0 Å².